The largest absolute Gasteiger partial charge is 0.466 e. The SMILES string of the molecule is C=N/N=C/N.O=P(O)(O)O. The van der Waals surface area contributed by atoms with Gasteiger partial charge < -0.3 is 20.4 Å². The van der Waals surface area contributed by atoms with Crippen LogP contribution in [0.15, 0.2) is 10.2 Å². The van der Waals surface area contributed by atoms with E-state index >= 15 is 0 Å². The van der Waals surface area contributed by atoms with E-state index in [2.05, 4.69) is 16.9 Å². The second-order valence-corrected chi connectivity index (χ2v) is 1.95. The summed E-state index contributed by atoms with van der Waals surface area (Å²) < 4.78 is 8.88. The third kappa shape index (κ3) is 181. The summed E-state index contributed by atoms with van der Waals surface area (Å²) in [5, 5.41) is 6.19. The van der Waals surface area contributed by atoms with E-state index in [-0.39, 0.29) is 0 Å². The van der Waals surface area contributed by atoms with Gasteiger partial charge in [-0.1, -0.05) is 0 Å². The molecule has 0 spiro atoms. The van der Waals surface area contributed by atoms with Gasteiger partial charge in [0.25, 0.3) is 0 Å². The molecule has 0 rings (SSSR count). The number of hydrogen-bond acceptors (Lipinski definition) is 3. The average molecular weight is 169 g/mol. The summed E-state index contributed by atoms with van der Waals surface area (Å²) in [7, 11) is -4.64. The second kappa shape index (κ2) is 6.37. The van der Waals surface area contributed by atoms with Crippen molar-refractivity contribution in [2.45, 2.75) is 0 Å². The summed E-state index contributed by atoms with van der Waals surface area (Å²) in [6.07, 6.45) is 1.08. The summed E-state index contributed by atoms with van der Waals surface area (Å²) in [4.78, 5) is 21.6. The molecule has 0 aromatic heterocycles. The zero-order valence-electron chi connectivity index (χ0n) is 4.95. The highest BCUT2D eigenvalue weighted by Gasteiger charge is 2.00. The van der Waals surface area contributed by atoms with E-state index < -0.39 is 7.82 Å². The van der Waals surface area contributed by atoms with E-state index in [0.29, 0.717) is 0 Å². The van der Waals surface area contributed by atoms with Gasteiger partial charge >= 0.3 is 7.82 Å². The Morgan fingerprint density at radius 1 is 1.50 bits per heavy atom. The molecule has 0 atom stereocenters. The first kappa shape index (κ1) is 12.0. The van der Waals surface area contributed by atoms with Crippen molar-refractivity contribution in [2.75, 3.05) is 0 Å². The second-order valence-electron chi connectivity index (χ2n) is 0.919. The van der Waals surface area contributed by atoms with Crippen LogP contribution in [0.4, 0.5) is 0 Å². The van der Waals surface area contributed by atoms with Crippen molar-refractivity contribution in [3.63, 3.8) is 0 Å². The lowest BCUT2D eigenvalue weighted by Crippen LogP contribution is -1.84. The maximum atomic E-state index is 8.88. The minimum Gasteiger partial charge on any atom is -0.388 e. The van der Waals surface area contributed by atoms with Gasteiger partial charge in [-0.05, 0) is 0 Å². The van der Waals surface area contributed by atoms with Gasteiger partial charge in [-0.15, -0.1) is 5.10 Å². The molecule has 8 heteroatoms. The van der Waals surface area contributed by atoms with Gasteiger partial charge in [-0.25, -0.2) is 4.57 Å². The number of phosphoric acid groups is 1. The molecule has 7 nitrogen and oxygen atoms in total. The molecule has 0 aromatic rings. The Hall–Kier alpha value is -0.750. The predicted molar refractivity (Wildman–Crippen MR) is 36.5 cm³/mol. The summed E-state index contributed by atoms with van der Waals surface area (Å²) >= 11 is 0. The van der Waals surface area contributed by atoms with Crippen molar-refractivity contribution in [3.05, 3.63) is 0 Å². The van der Waals surface area contributed by atoms with Gasteiger partial charge in [0.2, 0.25) is 0 Å². The van der Waals surface area contributed by atoms with Crippen LogP contribution < -0.4 is 5.73 Å². The third-order valence-corrected chi connectivity index (χ3v) is 0.148. The number of nitrogens with zero attached hydrogens (tertiary/aromatic N) is 2. The van der Waals surface area contributed by atoms with E-state index in [4.69, 9.17) is 25.0 Å². The molecule has 0 aliphatic heterocycles. The summed E-state index contributed by atoms with van der Waals surface area (Å²) in [6.45, 7) is 3.02. The van der Waals surface area contributed by atoms with E-state index in [0.717, 1.165) is 6.34 Å². The quantitative estimate of drug-likeness (QED) is 0.167. The normalized spacial score (nSPS) is 10.3. The van der Waals surface area contributed by atoms with Gasteiger partial charge in [0, 0.05) is 6.72 Å². The fraction of sp³-hybridized carbons (Fsp3) is 0. The van der Waals surface area contributed by atoms with Crippen LogP contribution in [0.25, 0.3) is 0 Å². The highest BCUT2D eigenvalue weighted by molar-refractivity contribution is 7.45. The molecule has 0 amide bonds. The van der Waals surface area contributed by atoms with Crippen LogP contribution in [0, 0.1) is 0 Å². The zero-order chi connectivity index (χ0) is 8.62. The molecule has 0 saturated carbocycles. The molecule has 10 heavy (non-hydrogen) atoms. The van der Waals surface area contributed by atoms with E-state index in [1.807, 2.05) is 0 Å². The Labute approximate surface area is 57.1 Å². The first-order chi connectivity index (χ1) is 4.41. The topological polar surface area (TPSA) is 128 Å². The zero-order valence-corrected chi connectivity index (χ0v) is 5.85. The smallest absolute Gasteiger partial charge is 0.388 e. The Balaban J connectivity index is 0. The fourth-order valence-corrected chi connectivity index (χ4v) is 0.0471. The van der Waals surface area contributed by atoms with Crippen molar-refractivity contribution in [2.24, 2.45) is 15.9 Å². The van der Waals surface area contributed by atoms with Crippen molar-refractivity contribution >= 4 is 20.9 Å². The Kier molecular flexibility index (Phi) is 7.63. The maximum absolute atomic E-state index is 8.88. The molecule has 0 radical (unpaired) electrons. The van der Waals surface area contributed by atoms with Crippen LogP contribution in [-0.2, 0) is 4.57 Å². The molecule has 0 aliphatic rings. The van der Waals surface area contributed by atoms with Crippen LogP contribution in [-0.4, -0.2) is 27.7 Å². The highest BCUT2D eigenvalue weighted by Crippen LogP contribution is 2.25. The molecule has 0 heterocycles. The molecule has 5 N–H and O–H groups in total. The molecule has 0 aromatic carbocycles. The van der Waals surface area contributed by atoms with Crippen LogP contribution in [0.1, 0.15) is 0 Å². The van der Waals surface area contributed by atoms with Gasteiger partial charge in [-0.2, -0.15) is 5.10 Å². The first-order valence-electron chi connectivity index (χ1n) is 1.89. The molecule has 0 saturated heterocycles. The minimum atomic E-state index is -4.64. The van der Waals surface area contributed by atoms with E-state index in [1.165, 1.54) is 0 Å². The highest BCUT2D eigenvalue weighted by atomic mass is 31.2. The van der Waals surface area contributed by atoms with Gasteiger partial charge in [-0.3, -0.25) is 0 Å². The van der Waals surface area contributed by atoms with Crippen molar-refractivity contribution in [3.8, 4) is 0 Å². The minimum absolute atomic E-state index is 1.08. The number of rotatable bonds is 1. The molecule has 0 bridgehead atoms. The van der Waals surface area contributed by atoms with Crippen LogP contribution >= 0.6 is 7.82 Å². The lowest BCUT2D eigenvalue weighted by molar-refractivity contribution is 0.275. The average Bonchev–Trinajstić information content (AvgIpc) is 1.63. The molecular formula is C2H8N3O4P. The van der Waals surface area contributed by atoms with Gasteiger partial charge in [0.1, 0.15) is 6.34 Å². The van der Waals surface area contributed by atoms with Crippen molar-refractivity contribution in [1.29, 1.82) is 0 Å². The van der Waals surface area contributed by atoms with Crippen LogP contribution in [0.5, 0.6) is 0 Å². The predicted octanol–water partition coefficient (Wildman–Crippen LogP) is -1.34. The van der Waals surface area contributed by atoms with Crippen molar-refractivity contribution < 1.29 is 19.2 Å². The molecule has 0 fully saturated rings. The molecule has 0 unspecified atom stereocenters. The molecule has 0 aliphatic carbocycles. The number of hydrogen-bond donors (Lipinski definition) is 4. The van der Waals surface area contributed by atoms with Gasteiger partial charge in [0.15, 0.2) is 0 Å². The van der Waals surface area contributed by atoms with E-state index in [1.54, 1.807) is 0 Å². The standard InChI is InChI=1S/C2H5N3.H3O4P/c1-4-5-2-3;1-5(2,3)4/h2H,1H2,(H2,3,5);(H3,1,2,3,4). The Morgan fingerprint density at radius 3 is 1.80 bits per heavy atom. The Bertz CT molecular complexity index is 142. The van der Waals surface area contributed by atoms with Gasteiger partial charge in [0.05, 0.1) is 0 Å². The Morgan fingerprint density at radius 2 is 1.80 bits per heavy atom. The monoisotopic (exact) mass is 169 g/mol. The number of nitrogens with two attached hydrogens (primary N) is 1. The van der Waals surface area contributed by atoms with Crippen LogP contribution in [0.2, 0.25) is 0 Å². The summed E-state index contributed by atoms with van der Waals surface area (Å²) in [5.74, 6) is 0. The summed E-state index contributed by atoms with van der Waals surface area (Å²) in [5.41, 5.74) is 4.71. The first-order valence-corrected chi connectivity index (χ1v) is 3.46. The summed E-state index contributed by atoms with van der Waals surface area (Å²) in [6, 6.07) is 0. The van der Waals surface area contributed by atoms with E-state index in [9.17, 15) is 0 Å². The third-order valence-electron chi connectivity index (χ3n) is 0.148. The molecular weight excluding hydrogens is 161 g/mol. The van der Waals surface area contributed by atoms with Crippen molar-refractivity contribution in [1.82, 2.24) is 0 Å². The van der Waals surface area contributed by atoms with Crippen LogP contribution in [0.3, 0.4) is 0 Å². The maximum Gasteiger partial charge on any atom is 0.466 e. The fourth-order valence-electron chi connectivity index (χ4n) is 0.0471. The lowest BCUT2D eigenvalue weighted by atomic mass is 11.4. The lowest BCUT2D eigenvalue weighted by Gasteiger charge is -1.82. The molecule has 60 valence electrons.